The van der Waals surface area contributed by atoms with E-state index in [-0.39, 0.29) is 11.7 Å². The smallest absolute Gasteiger partial charge is 0.251 e. The first-order valence-electron chi connectivity index (χ1n) is 9.11. The number of imidazole rings is 1. The van der Waals surface area contributed by atoms with Crippen molar-refractivity contribution in [1.29, 1.82) is 0 Å². The zero-order valence-electron chi connectivity index (χ0n) is 15.3. The van der Waals surface area contributed by atoms with Crippen LogP contribution in [0.1, 0.15) is 37.5 Å². The SMILES string of the molecule is Cc1ccn2cc(CNC(=O)c3ccc4c(c3)C(=O)c3ccccc3-4)nc2c1. The van der Waals surface area contributed by atoms with Crippen LogP contribution in [0.15, 0.2) is 67.0 Å². The maximum Gasteiger partial charge on any atom is 0.251 e. The van der Waals surface area contributed by atoms with Crippen LogP contribution in [0.25, 0.3) is 16.8 Å². The van der Waals surface area contributed by atoms with E-state index in [1.807, 2.05) is 66.2 Å². The number of aryl methyl sites for hydroxylation is 1. The highest BCUT2D eigenvalue weighted by atomic mass is 16.1. The minimum Gasteiger partial charge on any atom is -0.346 e. The molecule has 4 aromatic rings. The maximum absolute atomic E-state index is 12.6. The average molecular weight is 367 g/mol. The molecule has 0 radical (unpaired) electrons. The summed E-state index contributed by atoms with van der Waals surface area (Å²) in [7, 11) is 0. The maximum atomic E-state index is 12.6. The number of benzene rings is 2. The van der Waals surface area contributed by atoms with Gasteiger partial charge in [-0.25, -0.2) is 4.98 Å². The first kappa shape index (κ1) is 16.4. The van der Waals surface area contributed by atoms with Gasteiger partial charge in [-0.2, -0.15) is 0 Å². The molecule has 5 nitrogen and oxygen atoms in total. The molecule has 0 bridgehead atoms. The zero-order valence-corrected chi connectivity index (χ0v) is 15.3. The number of nitrogens with zero attached hydrogens (tertiary/aromatic N) is 2. The van der Waals surface area contributed by atoms with E-state index < -0.39 is 0 Å². The zero-order chi connectivity index (χ0) is 19.3. The number of fused-ring (bicyclic) bond motifs is 4. The van der Waals surface area contributed by atoms with Crippen LogP contribution in [0.2, 0.25) is 0 Å². The van der Waals surface area contributed by atoms with E-state index in [2.05, 4.69) is 10.3 Å². The number of hydrogen-bond acceptors (Lipinski definition) is 3. The summed E-state index contributed by atoms with van der Waals surface area (Å²) in [6, 6.07) is 16.8. The van der Waals surface area contributed by atoms with Crippen molar-refractivity contribution in [2.45, 2.75) is 13.5 Å². The summed E-state index contributed by atoms with van der Waals surface area (Å²) in [5.74, 6) is -0.254. The highest BCUT2D eigenvalue weighted by molar-refractivity contribution is 6.22. The molecule has 1 amide bonds. The van der Waals surface area contributed by atoms with Gasteiger partial charge in [0.05, 0.1) is 12.2 Å². The van der Waals surface area contributed by atoms with Crippen molar-refractivity contribution in [3.8, 4) is 11.1 Å². The molecule has 0 fully saturated rings. The van der Waals surface area contributed by atoms with Gasteiger partial charge in [0.15, 0.2) is 5.78 Å². The van der Waals surface area contributed by atoms with Crippen LogP contribution >= 0.6 is 0 Å². The highest BCUT2D eigenvalue weighted by Crippen LogP contribution is 2.36. The molecule has 0 spiro atoms. The third-order valence-corrected chi connectivity index (χ3v) is 5.08. The minimum atomic E-state index is -0.222. The van der Waals surface area contributed by atoms with Gasteiger partial charge in [-0.3, -0.25) is 9.59 Å². The van der Waals surface area contributed by atoms with E-state index in [9.17, 15) is 9.59 Å². The molecular formula is C23H17N3O2. The lowest BCUT2D eigenvalue weighted by Gasteiger charge is -2.05. The van der Waals surface area contributed by atoms with Crippen molar-refractivity contribution in [3.63, 3.8) is 0 Å². The largest absolute Gasteiger partial charge is 0.346 e. The minimum absolute atomic E-state index is 0.0315. The second-order valence-electron chi connectivity index (χ2n) is 7.02. The van der Waals surface area contributed by atoms with Crippen molar-refractivity contribution < 1.29 is 9.59 Å². The summed E-state index contributed by atoms with van der Waals surface area (Å²) in [6.45, 7) is 2.34. The lowest BCUT2D eigenvalue weighted by atomic mass is 10.0. The Kier molecular flexibility index (Phi) is 3.62. The summed E-state index contributed by atoms with van der Waals surface area (Å²) >= 11 is 0. The first-order chi connectivity index (χ1) is 13.6. The summed E-state index contributed by atoms with van der Waals surface area (Å²) in [5.41, 5.74) is 6.32. The van der Waals surface area contributed by atoms with Gasteiger partial charge in [0.2, 0.25) is 0 Å². The topological polar surface area (TPSA) is 63.5 Å². The Bertz CT molecular complexity index is 1270. The molecule has 136 valence electrons. The molecule has 5 rings (SSSR count). The van der Waals surface area contributed by atoms with Crippen LogP contribution in [0.4, 0.5) is 0 Å². The van der Waals surface area contributed by atoms with Gasteiger partial charge in [0.25, 0.3) is 5.91 Å². The molecule has 2 heterocycles. The van der Waals surface area contributed by atoms with Crippen molar-refractivity contribution >= 4 is 17.3 Å². The molecule has 28 heavy (non-hydrogen) atoms. The van der Waals surface area contributed by atoms with E-state index in [1.165, 1.54) is 0 Å². The van der Waals surface area contributed by atoms with Crippen LogP contribution < -0.4 is 5.32 Å². The fraction of sp³-hybridized carbons (Fsp3) is 0.0870. The molecule has 0 unspecified atom stereocenters. The van der Waals surface area contributed by atoms with Gasteiger partial charge < -0.3 is 9.72 Å². The van der Waals surface area contributed by atoms with Crippen LogP contribution in [0.5, 0.6) is 0 Å². The van der Waals surface area contributed by atoms with Crippen LogP contribution in [-0.2, 0) is 6.54 Å². The number of pyridine rings is 1. The van der Waals surface area contributed by atoms with E-state index in [1.54, 1.807) is 12.1 Å². The number of hydrogen-bond donors (Lipinski definition) is 1. The second-order valence-corrected chi connectivity index (χ2v) is 7.02. The second kappa shape index (κ2) is 6.16. The van der Waals surface area contributed by atoms with Gasteiger partial charge in [-0.05, 0) is 47.9 Å². The predicted octanol–water partition coefficient (Wildman–Crippen LogP) is 3.78. The van der Waals surface area contributed by atoms with Gasteiger partial charge in [0.1, 0.15) is 5.65 Å². The van der Waals surface area contributed by atoms with E-state index in [4.69, 9.17) is 0 Å². The van der Waals surface area contributed by atoms with Crippen molar-refractivity contribution in [3.05, 3.63) is 94.9 Å². The van der Waals surface area contributed by atoms with Crippen molar-refractivity contribution in [2.75, 3.05) is 0 Å². The van der Waals surface area contributed by atoms with E-state index in [0.717, 1.165) is 28.0 Å². The van der Waals surface area contributed by atoms with Crippen LogP contribution in [0, 0.1) is 6.92 Å². The lowest BCUT2D eigenvalue weighted by molar-refractivity contribution is 0.0950. The van der Waals surface area contributed by atoms with E-state index in [0.29, 0.717) is 23.2 Å². The van der Waals surface area contributed by atoms with Gasteiger partial charge >= 0.3 is 0 Å². The Morgan fingerprint density at radius 1 is 1.00 bits per heavy atom. The van der Waals surface area contributed by atoms with Gasteiger partial charge in [0, 0.05) is 29.1 Å². The van der Waals surface area contributed by atoms with Crippen molar-refractivity contribution in [2.24, 2.45) is 0 Å². The highest BCUT2D eigenvalue weighted by Gasteiger charge is 2.27. The fourth-order valence-corrected chi connectivity index (χ4v) is 3.66. The van der Waals surface area contributed by atoms with Gasteiger partial charge in [-0.1, -0.05) is 30.3 Å². The Hall–Kier alpha value is -3.73. The Morgan fingerprint density at radius 3 is 2.64 bits per heavy atom. The summed E-state index contributed by atoms with van der Waals surface area (Å²) in [5, 5.41) is 2.89. The Morgan fingerprint density at radius 2 is 1.79 bits per heavy atom. The van der Waals surface area contributed by atoms with Crippen LogP contribution in [-0.4, -0.2) is 21.1 Å². The third-order valence-electron chi connectivity index (χ3n) is 5.08. The molecule has 0 aliphatic heterocycles. The average Bonchev–Trinajstić information content (AvgIpc) is 3.24. The molecule has 0 saturated carbocycles. The Labute approximate surface area is 161 Å². The summed E-state index contributed by atoms with van der Waals surface area (Å²) in [6.07, 6.45) is 3.85. The molecule has 0 saturated heterocycles. The molecule has 2 aromatic carbocycles. The monoisotopic (exact) mass is 367 g/mol. The van der Waals surface area contributed by atoms with Crippen molar-refractivity contribution in [1.82, 2.24) is 14.7 Å². The molecule has 1 N–H and O–H groups in total. The standard InChI is InChI=1S/C23H17N3O2/c1-14-8-9-26-13-16(25-21(26)10-14)12-24-23(28)15-6-7-18-17-4-2-3-5-19(17)22(27)20(18)11-15/h2-11,13H,12H2,1H3,(H,24,28). The number of rotatable bonds is 3. The normalized spacial score (nSPS) is 12.1. The molecule has 5 heteroatoms. The summed E-state index contributed by atoms with van der Waals surface area (Å²) in [4.78, 5) is 29.8. The van der Waals surface area contributed by atoms with Crippen LogP contribution in [0.3, 0.4) is 0 Å². The number of aromatic nitrogens is 2. The number of carbonyl (C=O) groups excluding carboxylic acids is 2. The molecule has 1 aliphatic rings. The van der Waals surface area contributed by atoms with Gasteiger partial charge in [-0.15, -0.1) is 0 Å². The first-order valence-corrected chi connectivity index (χ1v) is 9.11. The third kappa shape index (κ3) is 2.60. The quantitative estimate of drug-likeness (QED) is 0.528. The van der Waals surface area contributed by atoms with E-state index >= 15 is 0 Å². The lowest BCUT2D eigenvalue weighted by Crippen LogP contribution is -2.23. The predicted molar refractivity (Wildman–Crippen MR) is 106 cm³/mol. The number of carbonyl (C=O) groups is 2. The molecular weight excluding hydrogens is 350 g/mol. The molecule has 0 atom stereocenters. The Balaban J connectivity index is 1.37. The number of ketones is 1. The number of nitrogens with one attached hydrogen (secondary N) is 1. The molecule has 1 aliphatic carbocycles. The molecule has 2 aromatic heterocycles. The fourth-order valence-electron chi connectivity index (χ4n) is 3.66. The summed E-state index contributed by atoms with van der Waals surface area (Å²) < 4.78 is 1.93. The number of amides is 1.